The first-order valence-corrected chi connectivity index (χ1v) is 4.40. The minimum absolute atomic E-state index is 0. The maximum atomic E-state index is 10.4. The second-order valence-corrected chi connectivity index (χ2v) is 3.67. The number of nitrogens with zero attached hydrogens (tertiary/aromatic N) is 1. The average Bonchev–Trinajstić information content (AvgIpc) is 1.86. The van der Waals surface area contributed by atoms with Gasteiger partial charge in [0.2, 0.25) is 0 Å². The van der Waals surface area contributed by atoms with Crippen molar-refractivity contribution in [2.75, 3.05) is 0 Å². The van der Waals surface area contributed by atoms with Crippen LogP contribution in [0.25, 0.3) is 0 Å². The van der Waals surface area contributed by atoms with Gasteiger partial charge in [-0.15, -0.1) is 12.4 Å². The summed E-state index contributed by atoms with van der Waals surface area (Å²) in [6.45, 7) is 0. The van der Waals surface area contributed by atoms with Crippen LogP contribution in [0.4, 0.5) is 0 Å². The second kappa shape index (κ2) is 4.04. The van der Waals surface area contributed by atoms with Gasteiger partial charge in [-0.25, -0.2) is 0 Å². The second-order valence-electron chi connectivity index (χ2n) is 1.81. The first kappa shape index (κ1) is 11.6. The standard InChI is InChI=1S/C5H4ClNO3S.ClH/c6-4-1-5(3-7-2-4)11(8,9)10;/h1-3H,(H,8,9,10);1H. The third-order valence-electron chi connectivity index (χ3n) is 0.978. The van der Waals surface area contributed by atoms with Crippen molar-refractivity contribution < 1.29 is 13.0 Å². The van der Waals surface area contributed by atoms with E-state index in [1.807, 2.05) is 0 Å². The molecule has 0 fully saturated rings. The molecule has 1 aromatic heterocycles. The zero-order chi connectivity index (χ0) is 8.48. The Morgan fingerprint density at radius 1 is 1.42 bits per heavy atom. The largest absolute Gasteiger partial charge is 0.296 e. The van der Waals surface area contributed by atoms with Crippen LogP contribution in [0, 0.1) is 0 Å². The van der Waals surface area contributed by atoms with Gasteiger partial charge in [-0.2, -0.15) is 8.42 Å². The zero-order valence-electron chi connectivity index (χ0n) is 5.64. The number of aromatic nitrogens is 1. The predicted molar refractivity (Wildman–Crippen MR) is 46.3 cm³/mol. The van der Waals surface area contributed by atoms with Crippen LogP contribution in [0.1, 0.15) is 0 Å². The van der Waals surface area contributed by atoms with Gasteiger partial charge in [0.15, 0.2) is 0 Å². The molecule has 0 saturated carbocycles. The van der Waals surface area contributed by atoms with E-state index in [9.17, 15) is 8.42 Å². The number of hydrogen-bond acceptors (Lipinski definition) is 3. The minimum Gasteiger partial charge on any atom is -0.282 e. The summed E-state index contributed by atoms with van der Waals surface area (Å²) in [6, 6.07) is 1.11. The van der Waals surface area contributed by atoms with Crippen molar-refractivity contribution in [3.05, 3.63) is 23.5 Å². The SMILES string of the molecule is Cl.O=S(=O)(O)c1cncc(Cl)c1. The molecule has 68 valence electrons. The summed E-state index contributed by atoms with van der Waals surface area (Å²) in [5.74, 6) is 0. The van der Waals surface area contributed by atoms with Crippen LogP contribution in [-0.2, 0) is 10.1 Å². The highest BCUT2D eigenvalue weighted by Crippen LogP contribution is 2.12. The quantitative estimate of drug-likeness (QED) is 0.740. The first-order chi connectivity index (χ1) is 5.00. The summed E-state index contributed by atoms with van der Waals surface area (Å²) >= 11 is 5.41. The molecule has 0 unspecified atom stereocenters. The van der Waals surface area contributed by atoms with Crippen molar-refractivity contribution >= 4 is 34.1 Å². The molecule has 0 aliphatic rings. The Kier molecular flexibility index (Phi) is 3.92. The molecule has 1 aromatic rings. The minimum atomic E-state index is -4.17. The third kappa shape index (κ3) is 2.94. The summed E-state index contributed by atoms with van der Waals surface area (Å²) in [5, 5.41) is 0.167. The highest BCUT2D eigenvalue weighted by atomic mass is 35.5. The fraction of sp³-hybridized carbons (Fsp3) is 0. The van der Waals surface area contributed by atoms with E-state index in [-0.39, 0.29) is 22.3 Å². The molecule has 4 nitrogen and oxygen atoms in total. The molecule has 0 aromatic carbocycles. The van der Waals surface area contributed by atoms with Crippen LogP contribution in [0.3, 0.4) is 0 Å². The molecule has 0 spiro atoms. The Balaban J connectivity index is 0.00000121. The van der Waals surface area contributed by atoms with Gasteiger partial charge >= 0.3 is 0 Å². The van der Waals surface area contributed by atoms with Gasteiger partial charge in [-0.05, 0) is 6.07 Å². The molecule has 0 amide bonds. The maximum absolute atomic E-state index is 10.4. The molecular formula is C5H5Cl2NO3S. The van der Waals surface area contributed by atoms with Crippen molar-refractivity contribution in [1.29, 1.82) is 0 Å². The lowest BCUT2D eigenvalue weighted by atomic mass is 10.5. The van der Waals surface area contributed by atoms with Crippen molar-refractivity contribution in [2.24, 2.45) is 0 Å². The smallest absolute Gasteiger partial charge is 0.282 e. The summed E-state index contributed by atoms with van der Waals surface area (Å²) < 4.78 is 29.4. The lowest BCUT2D eigenvalue weighted by Gasteiger charge is -1.94. The normalized spacial score (nSPS) is 10.5. The van der Waals surface area contributed by atoms with Crippen molar-refractivity contribution in [2.45, 2.75) is 4.90 Å². The fourth-order valence-electron chi connectivity index (χ4n) is 0.533. The Labute approximate surface area is 80.7 Å². The highest BCUT2D eigenvalue weighted by molar-refractivity contribution is 7.85. The summed E-state index contributed by atoms with van der Waals surface area (Å²) in [5.41, 5.74) is 0. The molecule has 0 radical (unpaired) electrons. The van der Waals surface area contributed by atoms with Gasteiger partial charge < -0.3 is 0 Å². The Morgan fingerprint density at radius 3 is 2.33 bits per heavy atom. The molecule has 1 rings (SSSR count). The van der Waals surface area contributed by atoms with E-state index >= 15 is 0 Å². The van der Waals surface area contributed by atoms with Crippen LogP contribution >= 0.6 is 24.0 Å². The zero-order valence-corrected chi connectivity index (χ0v) is 8.03. The van der Waals surface area contributed by atoms with E-state index in [0.717, 1.165) is 12.3 Å². The van der Waals surface area contributed by atoms with Crippen molar-refractivity contribution in [3.8, 4) is 0 Å². The molecule has 12 heavy (non-hydrogen) atoms. The predicted octanol–water partition coefficient (Wildman–Crippen LogP) is 1.40. The van der Waals surface area contributed by atoms with Crippen LogP contribution < -0.4 is 0 Å². The van der Waals surface area contributed by atoms with E-state index in [0.29, 0.717) is 0 Å². The molecule has 0 saturated heterocycles. The molecule has 0 aliphatic heterocycles. The van der Waals surface area contributed by atoms with Crippen molar-refractivity contribution in [1.82, 2.24) is 4.98 Å². The summed E-state index contributed by atoms with van der Waals surface area (Å²) in [7, 11) is -4.17. The highest BCUT2D eigenvalue weighted by Gasteiger charge is 2.09. The van der Waals surface area contributed by atoms with E-state index in [1.165, 1.54) is 6.20 Å². The van der Waals surface area contributed by atoms with Crippen LogP contribution in [0.2, 0.25) is 5.02 Å². The third-order valence-corrected chi connectivity index (χ3v) is 2.00. The number of rotatable bonds is 1. The van der Waals surface area contributed by atoms with E-state index in [2.05, 4.69) is 4.98 Å². The van der Waals surface area contributed by atoms with Crippen LogP contribution in [0.5, 0.6) is 0 Å². The summed E-state index contributed by atoms with van der Waals surface area (Å²) in [6.07, 6.45) is 2.29. The molecular weight excluding hydrogens is 225 g/mol. The molecule has 1 N–H and O–H groups in total. The molecule has 0 aliphatic carbocycles. The Bertz CT molecular complexity index is 365. The lowest BCUT2D eigenvalue weighted by Crippen LogP contribution is -1.97. The van der Waals surface area contributed by atoms with E-state index in [1.54, 1.807) is 0 Å². The van der Waals surface area contributed by atoms with Crippen LogP contribution in [0.15, 0.2) is 23.4 Å². The topological polar surface area (TPSA) is 67.3 Å². The maximum Gasteiger partial charge on any atom is 0.296 e. The molecule has 7 heteroatoms. The van der Waals surface area contributed by atoms with Gasteiger partial charge in [0.05, 0.1) is 5.02 Å². The van der Waals surface area contributed by atoms with E-state index < -0.39 is 10.1 Å². The Hall–Kier alpha value is -0.360. The Morgan fingerprint density at radius 2 is 2.00 bits per heavy atom. The van der Waals surface area contributed by atoms with Gasteiger partial charge in [-0.1, -0.05) is 11.6 Å². The van der Waals surface area contributed by atoms with Crippen LogP contribution in [-0.4, -0.2) is 18.0 Å². The first-order valence-electron chi connectivity index (χ1n) is 2.58. The van der Waals surface area contributed by atoms with E-state index in [4.69, 9.17) is 16.2 Å². The molecule has 0 bridgehead atoms. The number of pyridine rings is 1. The van der Waals surface area contributed by atoms with Gasteiger partial charge in [0.1, 0.15) is 4.90 Å². The van der Waals surface area contributed by atoms with Gasteiger partial charge in [0, 0.05) is 12.4 Å². The lowest BCUT2D eigenvalue weighted by molar-refractivity contribution is 0.483. The number of halogens is 2. The number of hydrogen-bond donors (Lipinski definition) is 1. The van der Waals surface area contributed by atoms with Gasteiger partial charge in [0.25, 0.3) is 10.1 Å². The summed E-state index contributed by atoms with van der Waals surface area (Å²) in [4.78, 5) is 3.18. The molecule has 1 heterocycles. The van der Waals surface area contributed by atoms with Gasteiger partial charge in [-0.3, -0.25) is 9.54 Å². The molecule has 0 atom stereocenters. The monoisotopic (exact) mass is 229 g/mol. The van der Waals surface area contributed by atoms with Crippen molar-refractivity contribution in [3.63, 3.8) is 0 Å². The average molecular weight is 230 g/mol. The fourth-order valence-corrected chi connectivity index (χ4v) is 1.24.